The zero-order chi connectivity index (χ0) is 17.1. The van der Waals surface area contributed by atoms with Crippen molar-refractivity contribution >= 4 is 28.7 Å². The Kier molecular flexibility index (Phi) is 4.57. The van der Waals surface area contributed by atoms with Crippen molar-refractivity contribution in [1.29, 1.82) is 0 Å². The van der Waals surface area contributed by atoms with E-state index in [-0.39, 0.29) is 6.08 Å². The molecule has 0 aliphatic rings. The molecule has 0 N–H and O–H groups in total. The summed E-state index contributed by atoms with van der Waals surface area (Å²) in [7, 11) is 1.31. The quantitative estimate of drug-likeness (QED) is 0.644. The second-order valence-corrected chi connectivity index (χ2v) is 5.38. The van der Waals surface area contributed by atoms with Gasteiger partial charge in [-0.2, -0.15) is 4.98 Å². The minimum Gasteiger partial charge on any atom is -0.479 e. The first-order chi connectivity index (χ1) is 11.5. The maximum absolute atomic E-state index is 11.3. The Hall–Kier alpha value is -2.73. The van der Waals surface area contributed by atoms with Crippen LogP contribution in [0.2, 0.25) is 5.02 Å². The Labute approximate surface area is 142 Å². The van der Waals surface area contributed by atoms with Crippen LogP contribution in [0.1, 0.15) is 6.92 Å². The van der Waals surface area contributed by atoms with E-state index in [4.69, 9.17) is 25.5 Å². The molecule has 2 aromatic carbocycles. The SMILES string of the molecule is COC(=O)[C@@H](C)Oc1ccc(Oc2nc3ccc(Cl)cc3o2)cc1. The number of fused-ring (bicyclic) bond motifs is 1. The maximum atomic E-state index is 11.3. The number of halogens is 1. The maximum Gasteiger partial charge on any atom is 0.400 e. The number of carbonyl (C=O) groups is 1. The van der Waals surface area contributed by atoms with Crippen LogP contribution < -0.4 is 9.47 Å². The van der Waals surface area contributed by atoms with E-state index in [0.29, 0.717) is 27.6 Å². The van der Waals surface area contributed by atoms with Crippen LogP contribution >= 0.6 is 11.6 Å². The average molecular weight is 348 g/mol. The zero-order valence-electron chi connectivity index (χ0n) is 13.0. The highest BCUT2D eigenvalue weighted by atomic mass is 35.5. The van der Waals surface area contributed by atoms with Gasteiger partial charge in [0.1, 0.15) is 17.0 Å². The molecule has 0 saturated heterocycles. The van der Waals surface area contributed by atoms with Gasteiger partial charge in [-0.15, -0.1) is 0 Å². The van der Waals surface area contributed by atoms with E-state index in [1.54, 1.807) is 49.4 Å². The topological polar surface area (TPSA) is 70.8 Å². The predicted molar refractivity (Wildman–Crippen MR) is 87.6 cm³/mol. The first-order valence-electron chi connectivity index (χ1n) is 7.13. The molecule has 0 spiro atoms. The fourth-order valence-electron chi connectivity index (χ4n) is 2.03. The summed E-state index contributed by atoms with van der Waals surface area (Å²) in [6, 6.07) is 11.9. The lowest BCUT2D eigenvalue weighted by Gasteiger charge is -2.12. The summed E-state index contributed by atoms with van der Waals surface area (Å²) in [5, 5.41) is 0.562. The van der Waals surface area contributed by atoms with Crippen molar-refractivity contribution in [3.8, 4) is 17.6 Å². The minimum absolute atomic E-state index is 0.115. The number of hydrogen-bond acceptors (Lipinski definition) is 6. The number of benzene rings is 2. The van der Waals surface area contributed by atoms with Crippen LogP contribution in [0.15, 0.2) is 46.9 Å². The fourth-order valence-corrected chi connectivity index (χ4v) is 2.19. The van der Waals surface area contributed by atoms with E-state index in [1.807, 2.05) is 0 Å². The van der Waals surface area contributed by atoms with Gasteiger partial charge in [-0.05, 0) is 43.3 Å². The average Bonchev–Trinajstić information content (AvgIpc) is 2.97. The molecule has 6 nitrogen and oxygen atoms in total. The van der Waals surface area contributed by atoms with E-state index in [1.165, 1.54) is 7.11 Å². The number of carbonyl (C=O) groups excluding carboxylic acids is 1. The third-order valence-electron chi connectivity index (χ3n) is 3.21. The molecule has 124 valence electrons. The van der Waals surface area contributed by atoms with Gasteiger partial charge in [-0.1, -0.05) is 11.6 Å². The Morgan fingerprint density at radius 2 is 1.88 bits per heavy atom. The van der Waals surface area contributed by atoms with Crippen molar-refractivity contribution in [2.75, 3.05) is 7.11 Å². The van der Waals surface area contributed by atoms with Gasteiger partial charge in [0.05, 0.1) is 7.11 Å². The van der Waals surface area contributed by atoms with E-state index in [0.717, 1.165) is 0 Å². The first-order valence-corrected chi connectivity index (χ1v) is 7.51. The van der Waals surface area contributed by atoms with Crippen LogP contribution in [0.3, 0.4) is 0 Å². The molecule has 0 bridgehead atoms. The monoisotopic (exact) mass is 347 g/mol. The first kappa shape index (κ1) is 16.1. The number of ether oxygens (including phenoxy) is 3. The molecular formula is C17H14ClNO5. The Morgan fingerprint density at radius 1 is 1.17 bits per heavy atom. The Bertz CT molecular complexity index is 859. The highest BCUT2D eigenvalue weighted by Gasteiger charge is 2.15. The Balaban J connectivity index is 1.70. The fraction of sp³-hybridized carbons (Fsp3) is 0.176. The van der Waals surface area contributed by atoms with E-state index in [9.17, 15) is 4.79 Å². The zero-order valence-corrected chi connectivity index (χ0v) is 13.7. The number of hydrogen-bond donors (Lipinski definition) is 0. The van der Waals surface area contributed by atoms with Crippen molar-refractivity contribution < 1.29 is 23.4 Å². The molecule has 0 fully saturated rings. The van der Waals surface area contributed by atoms with Gasteiger partial charge in [-0.25, -0.2) is 4.79 Å². The molecule has 0 aliphatic carbocycles. The van der Waals surface area contributed by atoms with Gasteiger partial charge in [0.2, 0.25) is 0 Å². The van der Waals surface area contributed by atoms with Crippen molar-refractivity contribution in [1.82, 2.24) is 4.98 Å². The number of aromatic nitrogens is 1. The molecule has 1 atom stereocenters. The summed E-state index contributed by atoms with van der Waals surface area (Å²) in [4.78, 5) is 15.5. The molecule has 7 heteroatoms. The molecule has 0 saturated carbocycles. The molecule has 24 heavy (non-hydrogen) atoms. The largest absolute Gasteiger partial charge is 0.479 e. The molecule has 1 aromatic heterocycles. The third kappa shape index (κ3) is 3.60. The van der Waals surface area contributed by atoms with E-state index in [2.05, 4.69) is 9.72 Å². The number of oxazole rings is 1. The molecule has 0 radical (unpaired) electrons. The summed E-state index contributed by atoms with van der Waals surface area (Å²) in [6.07, 6.45) is -0.576. The van der Waals surface area contributed by atoms with Gasteiger partial charge >= 0.3 is 12.0 Å². The molecule has 0 unspecified atom stereocenters. The van der Waals surface area contributed by atoms with Crippen molar-refractivity contribution in [2.45, 2.75) is 13.0 Å². The molecule has 3 rings (SSSR count). The molecule has 0 aliphatic heterocycles. The van der Waals surface area contributed by atoms with Crippen molar-refractivity contribution in [3.05, 3.63) is 47.5 Å². The van der Waals surface area contributed by atoms with Crippen LogP contribution in [0.25, 0.3) is 11.1 Å². The van der Waals surface area contributed by atoms with Crippen molar-refractivity contribution in [3.63, 3.8) is 0 Å². The van der Waals surface area contributed by atoms with Crippen molar-refractivity contribution in [2.24, 2.45) is 0 Å². The highest BCUT2D eigenvalue weighted by molar-refractivity contribution is 6.31. The van der Waals surface area contributed by atoms with Gasteiger partial charge in [0.25, 0.3) is 0 Å². The minimum atomic E-state index is -0.691. The second kappa shape index (κ2) is 6.80. The number of rotatable bonds is 5. The smallest absolute Gasteiger partial charge is 0.400 e. The lowest BCUT2D eigenvalue weighted by Crippen LogP contribution is -2.24. The summed E-state index contributed by atoms with van der Waals surface area (Å²) in [5.41, 5.74) is 1.20. The van der Waals surface area contributed by atoms with E-state index >= 15 is 0 Å². The number of esters is 1. The van der Waals surface area contributed by atoms with E-state index < -0.39 is 12.1 Å². The molecule has 1 heterocycles. The third-order valence-corrected chi connectivity index (χ3v) is 3.44. The predicted octanol–water partition coefficient (Wildman–Crippen LogP) is 4.21. The standard InChI is InChI=1S/C17H14ClNO5/c1-10(16(20)21-2)22-12-4-6-13(7-5-12)23-17-19-14-8-3-11(18)9-15(14)24-17/h3-10H,1-2H3/t10-/m1/s1. The van der Waals surface area contributed by atoms with Gasteiger partial charge < -0.3 is 18.6 Å². The van der Waals surface area contributed by atoms with Crippen LogP contribution in [-0.2, 0) is 9.53 Å². The summed E-state index contributed by atoms with van der Waals surface area (Å²) in [6.45, 7) is 1.61. The molecular weight excluding hydrogens is 334 g/mol. The van der Waals surface area contributed by atoms with Gasteiger partial charge in [-0.3, -0.25) is 0 Å². The number of nitrogens with zero attached hydrogens (tertiary/aromatic N) is 1. The molecule has 0 amide bonds. The summed E-state index contributed by atoms with van der Waals surface area (Å²) < 4.78 is 21.1. The van der Waals surface area contributed by atoms with Gasteiger partial charge in [0, 0.05) is 11.1 Å². The normalized spacial score (nSPS) is 12.0. The second-order valence-electron chi connectivity index (χ2n) is 4.95. The van der Waals surface area contributed by atoms with Crippen LogP contribution in [0, 0.1) is 0 Å². The lowest BCUT2D eigenvalue weighted by molar-refractivity contribution is -0.147. The van der Waals surface area contributed by atoms with Crippen LogP contribution in [0.4, 0.5) is 0 Å². The van der Waals surface area contributed by atoms with Gasteiger partial charge in [0.15, 0.2) is 11.7 Å². The summed E-state index contributed by atoms with van der Waals surface area (Å²) >= 11 is 5.90. The lowest BCUT2D eigenvalue weighted by atomic mass is 10.3. The Morgan fingerprint density at radius 3 is 2.58 bits per heavy atom. The van der Waals surface area contributed by atoms with Crippen LogP contribution in [0.5, 0.6) is 17.6 Å². The van der Waals surface area contributed by atoms with Crippen LogP contribution in [-0.4, -0.2) is 24.2 Å². The number of methoxy groups -OCH3 is 1. The molecule has 3 aromatic rings. The summed E-state index contributed by atoms with van der Waals surface area (Å²) in [5.74, 6) is 0.593. The highest BCUT2D eigenvalue weighted by Crippen LogP contribution is 2.28.